The molecule has 0 spiro atoms. The van der Waals surface area contributed by atoms with Crippen molar-refractivity contribution >= 4 is 17.2 Å². The number of methoxy groups -OCH3 is 1. The van der Waals surface area contributed by atoms with Gasteiger partial charge in [-0.25, -0.2) is 4.68 Å². The summed E-state index contributed by atoms with van der Waals surface area (Å²) in [6, 6.07) is 7.29. The number of aliphatic hydroxyl groups is 6. The molecule has 3 aromatic heterocycles. The van der Waals surface area contributed by atoms with Gasteiger partial charge in [0.25, 0.3) is 5.91 Å². The molecule has 5 heterocycles. The Bertz CT molecular complexity index is 1660. The molecular weight excluding hydrogens is 588 g/mol. The standard InChI is InChI=1S/C27H28N4O11S/c1-29-5-3-15(9-29)17-7-18-21(8-20(17)39-2)41-10-19-22(28-31(23(18)19)16-4-6-43-11-16)24(32)30(26(33,34)35)12-25(13-40-14-25)42-27(36,37)38/h3-9,11,33-38H,10,12-14H2,1-2H3. The zero-order valence-electron chi connectivity index (χ0n) is 22.9. The molecule has 2 aliphatic heterocycles. The number of hydrogen-bond acceptors (Lipinski definition) is 13. The van der Waals surface area contributed by atoms with E-state index in [4.69, 9.17) is 18.9 Å². The van der Waals surface area contributed by atoms with E-state index >= 15 is 0 Å². The summed E-state index contributed by atoms with van der Waals surface area (Å²) in [6.07, 6.45) is -3.56. The van der Waals surface area contributed by atoms with Gasteiger partial charge in [-0.05, 0) is 23.6 Å². The zero-order valence-corrected chi connectivity index (χ0v) is 23.7. The third-order valence-corrected chi connectivity index (χ3v) is 7.82. The molecule has 0 bridgehead atoms. The summed E-state index contributed by atoms with van der Waals surface area (Å²) >= 11 is 1.40. The lowest BCUT2D eigenvalue weighted by molar-refractivity contribution is -0.500. The summed E-state index contributed by atoms with van der Waals surface area (Å²) in [4.78, 5) is 14.2. The summed E-state index contributed by atoms with van der Waals surface area (Å²) in [5.41, 5.74) is 1.46. The number of nitrogens with zero attached hydrogens (tertiary/aromatic N) is 4. The van der Waals surface area contributed by atoms with Crippen LogP contribution in [-0.4, -0.2) is 101 Å². The van der Waals surface area contributed by atoms with E-state index in [9.17, 15) is 35.4 Å². The lowest BCUT2D eigenvalue weighted by Gasteiger charge is -2.46. The number of carbonyl (C=O) groups excluding carboxylic acids is 1. The van der Waals surface area contributed by atoms with Crippen LogP contribution in [0.5, 0.6) is 11.5 Å². The molecule has 1 amide bonds. The van der Waals surface area contributed by atoms with Crippen molar-refractivity contribution in [2.45, 2.75) is 24.5 Å². The Hall–Kier alpha value is -3.84. The Labute approximate surface area is 247 Å². The van der Waals surface area contributed by atoms with Gasteiger partial charge in [0, 0.05) is 53.1 Å². The van der Waals surface area contributed by atoms with E-state index in [1.165, 1.54) is 16.0 Å². The van der Waals surface area contributed by atoms with Crippen LogP contribution in [0.15, 0.2) is 47.4 Å². The van der Waals surface area contributed by atoms with E-state index in [1.807, 2.05) is 46.9 Å². The predicted octanol–water partition coefficient (Wildman–Crippen LogP) is -0.0885. The normalized spacial score (nSPS) is 15.7. The van der Waals surface area contributed by atoms with Crippen molar-refractivity contribution in [3.63, 3.8) is 0 Å². The number of ether oxygens (including phenoxy) is 4. The highest BCUT2D eigenvalue weighted by Crippen LogP contribution is 2.46. The van der Waals surface area contributed by atoms with Crippen molar-refractivity contribution < 1.29 is 54.4 Å². The fourth-order valence-corrected chi connectivity index (χ4v) is 5.82. The molecule has 0 aliphatic carbocycles. The van der Waals surface area contributed by atoms with Crippen molar-refractivity contribution in [3.05, 3.63) is 58.7 Å². The highest BCUT2D eigenvalue weighted by molar-refractivity contribution is 7.08. The molecule has 1 aromatic carbocycles. The maximum absolute atomic E-state index is 13.9. The van der Waals surface area contributed by atoms with E-state index in [0.717, 1.165) is 11.1 Å². The first-order valence-electron chi connectivity index (χ1n) is 12.8. The largest absolute Gasteiger partial charge is 0.496 e. The van der Waals surface area contributed by atoms with Gasteiger partial charge in [0.05, 0.1) is 38.2 Å². The molecule has 6 rings (SSSR count). The number of thiophene rings is 1. The number of aryl methyl sites for hydroxylation is 1. The van der Waals surface area contributed by atoms with Crippen molar-refractivity contribution in [2.75, 3.05) is 26.9 Å². The Balaban J connectivity index is 1.49. The third-order valence-electron chi connectivity index (χ3n) is 7.15. The number of rotatable bonds is 9. The second kappa shape index (κ2) is 10.4. The van der Waals surface area contributed by atoms with Gasteiger partial charge in [-0.3, -0.25) is 14.4 Å². The Kier molecular flexibility index (Phi) is 7.08. The minimum Gasteiger partial charge on any atom is -0.496 e. The molecule has 1 fully saturated rings. The van der Waals surface area contributed by atoms with E-state index in [1.54, 1.807) is 19.2 Å². The molecule has 4 aromatic rings. The molecule has 228 valence electrons. The van der Waals surface area contributed by atoms with E-state index < -0.39 is 30.3 Å². The molecule has 15 nitrogen and oxygen atoms in total. The summed E-state index contributed by atoms with van der Waals surface area (Å²) in [6.45, 7) is -1.75. The third kappa shape index (κ3) is 5.40. The van der Waals surface area contributed by atoms with Crippen LogP contribution in [0.2, 0.25) is 0 Å². The van der Waals surface area contributed by atoms with Gasteiger partial charge in [-0.15, -0.1) is 0 Å². The van der Waals surface area contributed by atoms with E-state index in [0.29, 0.717) is 28.4 Å². The molecule has 1 saturated heterocycles. The van der Waals surface area contributed by atoms with Gasteiger partial charge in [-0.1, -0.05) is 0 Å². The Morgan fingerprint density at radius 1 is 1.16 bits per heavy atom. The van der Waals surface area contributed by atoms with Gasteiger partial charge in [0.1, 0.15) is 23.7 Å². The van der Waals surface area contributed by atoms with Crippen LogP contribution >= 0.6 is 11.3 Å². The number of hydrogen-bond donors (Lipinski definition) is 6. The fraction of sp³-hybridized carbons (Fsp3) is 0.333. The van der Waals surface area contributed by atoms with Crippen LogP contribution in [-0.2, 0) is 23.1 Å². The molecule has 0 atom stereocenters. The summed E-state index contributed by atoms with van der Waals surface area (Å²) < 4.78 is 25.0. The van der Waals surface area contributed by atoms with E-state index in [-0.39, 0.29) is 36.0 Å². The number of aromatic nitrogens is 3. The summed E-state index contributed by atoms with van der Waals surface area (Å²) in [5, 5.41) is 67.0. The highest BCUT2D eigenvalue weighted by atomic mass is 32.1. The summed E-state index contributed by atoms with van der Waals surface area (Å²) in [7, 11) is 3.44. The van der Waals surface area contributed by atoms with Crippen molar-refractivity contribution in [1.29, 1.82) is 0 Å². The van der Waals surface area contributed by atoms with Gasteiger partial charge < -0.3 is 49.4 Å². The molecule has 43 heavy (non-hydrogen) atoms. The number of amides is 1. The lowest BCUT2D eigenvalue weighted by Crippen LogP contribution is -2.67. The van der Waals surface area contributed by atoms with Crippen molar-refractivity contribution in [1.82, 2.24) is 19.2 Å². The fourth-order valence-electron chi connectivity index (χ4n) is 5.21. The van der Waals surface area contributed by atoms with Crippen LogP contribution in [0.4, 0.5) is 0 Å². The molecule has 0 saturated carbocycles. The van der Waals surface area contributed by atoms with Crippen LogP contribution in [0.1, 0.15) is 16.1 Å². The van der Waals surface area contributed by atoms with Crippen molar-refractivity contribution in [2.24, 2.45) is 7.05 Å². The average molecular weight is 617 g/mol. The maximum atomic E-state index is 13.9. The SMILES string of the molecule is COc1cc2c(cc1-c1ccn(C)c1)-c1c(c(C(=O)N(CC3(OC(O)(O)O)COC3)C(O)(O)O)nn1-c1ccsc1)CO2. The molecule has 16 heteroatoms. The van der Waals surface area contributed by atoms with Crippen molar-refractivity contribution in [3.8, 4) is 39.6 Å². The molecule has 6 N–H and O–H groups in total. The van der Waals surface area contributed by atoms with Crippen LogP contribution in [0, 0.1) is 0 Å². The lowest BCUT2D eigenvalue weighted by atomic mass is 9.96. The molecular formula is C27H28N4O11S. The van der Waals surface area contributed by atoms with Gasteiger partial charge >= 0.3 is 12.3 Å². The zero-order chi connectivity index (χ0) is 30.7. The van der Waals surface area contributed by atoms with Gasteiger partial charge in [0.2, 0.25) is 0 Å². The number of fused-ring (bicyclic) bond motifs is 3. The van der Waals surface area contributed by atoms with Crippen LogP contribution in [0.25, 0.3) is 28.1 Å². The van der Waals surface area contributed by atoms with Crippen LogP contribution < -0.4 is 9.47 Å². The Morgan fingerprint density at radius 3 is 2.49 bits per heavy atom. The first-order valence-corrected chi connectivity index (χ1v) is 13.8. The molecule has 0 unspecified atom stereocenters. The minimum absolute atomic E-state index is 0.151. The second-order valence-corrected chi connectivity index (χ2v) is 11.1. The Morgan fingerprint density at radius 2 is 1.93 bits per heavy atom. The maximum Gasteiger partial charge on any atom is 0.405 e. The number of carbonyl (C=O) groups is 1. The minimum atomic E-state index is -3.74. The summed E-state index contributed by atoms with van der Waals surface area (Å²) in [5.74, 6) is -0.138. The average Bonchev–Trinajstić information content (AvgIpc) is 3.67. The monoisotopic (exact) mass is 616 g/mol. The molecule has 2 aliphatic rings. The first kappa shape index (κ1) is 29.2. The smallest absolute Gasteiger partial charge is 0.405 e. The second-order valence-electron chi connectivity index (χ2n) is 10.3. The first-order chi connectivity index (χ1) is 20.3. The quantitative estimate of drug-likeness (QED) is 0.137. The highest BCUT2D eigenvalue weighted by Gasteiger charge is 2.52. The van der Waals surface area contributed by atoms with Gasteiger partial charge in [-0.2, -0.15) is 16.4 Å². The molecule has 0 radical (unpaired) electrons. The van der Waals surface area contributed by atoms with Gasteiger partial charge in [0.15, 0.2) is 5.69 Å². The van der Waals surface area contributed by atoms with E-state index in [2.05, 4.69) is 5.10 Å². The number of benzene rings is 1. The predicted molar refractivity (Wildman–Crippen MR) is 147 cm³/mol. The van der Waals surface area contributed by atoms with Crippen LogP contribution in [0.3, 0.4) is 0 Å². The topological polar surface area (TPSA) is 201 Å².